The van der Waals surface area contributed by atoms with Crippen molar-refractivity contribution in [1.82, 2.24) is 10.1 Å². The normalized spacial score (nSPS) is 13.0. The summed E-state index contributed by atoms with van der Waals surface area (Å²) in [6, 6.07) is 5.72. The highest BCUT2D eigenvalue weighted by Crippen LogP contribution is 2.25. The molecule has 2 N–H and O–H groups in total. The van der Waals surface area contributed by atoms with Crippen LogP contribution in [0.15, 0.2) is 27.2 Å². The highest BCUT2D eigenvalue weighted by Gasteiger charge is 2.18. The molecule has 1 unspecified atom stereocenters. The molecule has 0 spiro atoms. The average Bonchev–Trinajstić information content (AvgIpc) is 2.81. The van der Waals surface area contributed by atoms with Gasteiger partial charge in [-0.1, -0.05) is 34.9 Å². The van der Waals surface area contributed by atoms with Gasteiger partial charge >= 0.3 is 0 Å². The van der Waals surface area contributed by atoms with Crippen LogP contribution < -0.4 is 5.73 Å². The first-order chi connectivity index (χ1) is 8.49. The molecule has 1 atom stereocenters. The zero-order valence-electron chi connectivity index (χ0n) is 10.6. The van der Waals surface area contributed by atoms with Crippen molar-refractivity contribution in [1.29, 1.82) is 0 Å². The highest BCUT2D eigenvalue weighted by molar-refractivity contribution is 9.10. The van der Waals surface area contributed by atoms with Crippen molar-refractivity contribution < 1.29 is 4.52 Å². The number of nitrogens with zero attached hydrogens (tertiary/aromatic N) is 2. The van der Waals surface area contributed by atoms with Crippen LogP contribution in [0.4, 0.5) is 0 Å². The van der Waals surface area contributed by atoms with E-state index in [4.69, 9.17) is 10.3 Å². The second kappa shape index (κ2) is 5.20. The minimum absolute atomic E-state index is 0.195. The molecule has 0 amide bonds. The van der Waals surface area contributed by atoms with Gasteiger partial charge in [0.25, 0.3) is 5.89 Å². The van der Waals surface area contributed by atoms with Crippen LogP contribution in [0.3, 0.4) is 0 Å². The summed E-state index contributed by atoms with van der Waals surface area (Å²) in [4.78, 5) is 4.35. The van der Waals surface area contributed by atoms with Crippen LogP contribution in [0, 0.1) is 12.8 Å². The molecule has 0 saturated carbocycles. The zero-order chi connectivity index (χ0) is 13.3. The lowest BCUT2D eigenvalue weighted by molar-refractivity contribution is 0.400. The Morgan fingerprint density at radius 3 is 2.67 bits per heavy atom. The molecule has 96 valence electrons. The number of nitrogens with two attached hydrogens (primary N) is 1. The maximum atomic E-state index is 5.99. The van der Waals surface area contributed by atoms with Crippen molar-refractivity contribution in [3.8, 4) is 11.5 Å². The topological polar surface area (TPSA) is 64.9 Å². The second-order valence-electron chi connectivity index (χ2n) is 4.69. The first kappa shape index (κ1) is 13.2. The number of aryl methyl sites for hydroxylation is 1. The summed E-state index contributed by atoms with van der Waals surface area (Å²) in [5.74, 6) is 1.35. The molecule has 0 aliphatic heterocycles. The first-order valence-electron chi connectivity index (χ1n) is 5.84. The van der Waals surface area contributed by atoms with Gasteiger partial charge in [-0.05, 0) is 36.6 Å². The quantitative estimate of drug-likeness (QED) is 0.943. The summed E-state index contributed by atoms with van der Waals surface area (Å²) >= 11 is 3.46. The van der Waals surface area contributed by atoms with Crippen LogP contribution in [0.1, 0.15) is 31.3 Å². The number of aromatic nitrogens is 2. The van der Waals surface area contributed by atoms with Crippen LogP contribution in [-0.2, 0) is 0 Å². The maximum Gasteiger partial charge on any atom is 0.257 e. The maximum absolute atomic E-state index is 5.99. The largest absolute Gasteiger partial charge is 0.334 e. The molecule has 18 heavy (non-hydrogen) atoms. The van der Waals surface area contributed by atoms with Gasteiger partial charge in [0.1, 0.15) is 0 Å². The Hall–Kier alpha value is -1.20. The zero-order valence-corrected chi connectivity index (χ0v) is 12.2. The van der Waals surface area contributed by atoms with E-state index in [9.17, 15) is 0 Å². The summed E-state index contributed by atoms with van der Waals surface area (Å²) in [6.45, 7) is 6.08. The van der Waals surface area contributed by atoms with Gasteiger partial charge in [0.2, 0.25) is 0 Å². The van der Waals surface area contributed by atoms with Crippen LogP contribution in [0.5, 0.6) is 0 Å². The van der Waals surface area contributed by atoms with E-state index in [1.54, 1.807) is 0 Å². The Kier molecular flexibility index (Phi) is 3.82. The van der Waals surface area contributed by atoms with E-state index < -0.39 is 0 Å². The number of rotatable bonds is 3. The molecule has 1 aromatic carbocycles. The predicted molar refractivity (Wildman–Crippen MR) is 73.9 cm³/mol. The fraction of sp³-hybridized carbons (Fsp3) is 0.385. The predicted octanol–water partition coefficient (Wildman–Crippen LogP) is 3.46. The third-order valence-corrected chi connectivity index (χ3v) is 3.75. The van der Waals surface area contributed by atoms with Gasteiger partial charge in [-0.3, -0.25) is 0 Å². The van der Waals surface area contributed by atoms with Crippen molar-refractivity contribution in [3.05, 3.63) is 34.1 Å². The van der Waals surface area contributed by atoms with Crippen molar-refractivity contribution in [2.45, 2.75) is 26.8 Å². The molecule has 0 radical (unpaired) electrons. The summed E-state index contributed by atoms with van der Waals surface area (Å²) < 4.78 is 6.32. The molecule has 0 saturated heterocycles. The lowest BCUT2D eigenvalue weighted by Crippen LogP contribution is -2.18. The Bertz CT molecular complexity index is 551. The average molecular weight is 310 g/mol. The molecular formula is C13H16BrN3O. The second-order valence-corrected chi connectivity index (χ2v) is 5.55. The Labute approximate surface area is 115 Å². The fourth-order valence-corrected chi connectivity index (χ4v) is 1.81. The first-order valence-corrected chi connectivity index (χ1v) is 6.64. The third-order valence-electron chi connectivity index (χ3n) is 2.86. The summed E-state index contributed by atoms with van der Waals surface area (Å²) in [6.07, 6.45) is 0. The molecule has 1 aromatic heterocycles. The smallest absolute Gasteiger partial charge is 0.257 e. The highest BCUT2D eigenvalue weighted by atomic mass is 79.9. The van der Waals surface area contributed by atoms with Crippen molar-refractivity contribution in [2.75, 3.05) is 0 Å². The molecule has 0 fully saturated rings. The minimum Gasteiger partial charge on any atom is -0.334 e. The number of halogens is 1. The van der Waals surface area contributed by atoms with Gasteiger partial charge in [-0.15, -0.1) is 0 Å². The van der Waals surface area contributed by atoms with Gasteiger partial charge < -0.3 is 10.3 Å². The van der Waals surface area contributed by atoms with Gasteiger partial charge in [0.15, 0.2) is 5.82 Å². The standard InChI is InChI=1S/C13H16BrN3O/c1-7(2)11(15)12-16-13(18-17-12)9-4-5-10(14)8(3)6-9/h4-7,11H,15H2,1-3H3. The minimum atomic E-state index is -0.195. The Balaban J connectivity index is 2.32. The number of benzene rings is 1. The van der Waals surface area contributed by atoms with E-state index in [-0.39, 0.29) is 12.0 Å². The van der Waals surface area contributed by atoms with Crippen molar-refractivity contribution in [2.24, 2.45) is 11.7 Å². The summed E-state index contributed by atoms with van der Waals surface area (Å²) in [5.41, 5.74) is 8.02. The molecule has 4 nitrogen and oxygen atoms in total. The van der Waals surface area contributed by atoms with E-state index in [2.05, 4.69) is 26.1 Å². The van der Waals surface area contributed by atoms with Gasteiger partial charge in [0.05, 0.1) is 6.04 Å². The molecule has 0 aliphatic carbocycles. The number of hydrogen-bond donors (Lipinski definition) is 1. The van der Waals surface area contributed by atoms with Gasteiger partial charge in [-0.2, -0.15) is 4.98 Å². The van der Waals surface area contributed by atoms with E-state index in [1.807, 2.05) is 39.0 Å². The van der Waals surface area contributed by atoms with E-state index >= 15 is 0 Å². The summed E-state index contributed by atoms with van der Waals surface area (Å²) in [5, 5.41) is 3.94. The van der Waals surface area contributed by atoms with Crippen molar-refractivity contribution in [3.63, 3.8) is 0 Å². The molecule has 2 rings (SSSR count). The van der Waals surface area contributed by atoms with E-state index in [0.29, 0.717) is 11.7 Å². The van der Waals surface area contributed by atoms with Crippen LogP contribution in [0.2, 0.25) is 0 Å². The lowest BCUT2D eigenvalue weighted by atomic mass is 10.1. The molecule has 1 heterocycles. The van der Waals surface area contributed by atoms with Crippen LogP contribution in [0.25, 0.3) is 11.5 Å². The lowest BCUT2D eigenvalue weighted by Gasteiger charge is -2.09. The molecule has 0 aliphatic rings. The van der Waals surface area contributed by atoms with Gasteiger partial charge in [-0.25, -0.2) is 0 Å². The van der Waals surface area contributed by atoms with E-state index in [0.717, 1.165) is 15.6 Å². The third kappa shape index (κ3) is 2.62. The molecular weight excluding hydrogens is 294 g/mol. The fourth-order valence-electron chi connectivity index (χ4n) is 1.56. The van der Waals surface area contributed by atoms with Crippen LogP contribution >= 0.6 is 15.9 Å². The Morgan fingerprint density at radius 1 is 1.33 bits per heavy atom. The number of hydrogen-bond acceptors (Lipinski definition) is 4. The molecule has 2 aromatic rings. The summed E-state index contributed by atoms with van der Waals surface area (Å²) in [7, 11) is 0. The van der Waals surface area contributed by atoms with Gasteiger partial charge in [0, 0.05) is 10.0 Å². The SMILES string of the molecule is Cc1cc(-c2nc(C(N)C(C)C)no2)ccc1Br. The monoisotopic (exact) mass is 309 g/mol. The molecule has 0 bridgehead atoms. The molecule has 5 heteroatoms. The van der Waals surface area contributed by atoms with Crippen molar-refractivity contribution >= 4 is 15.9 Å². The van der Waals surface area contributed by atoms with Crippen LogP contribution in [-0.4, -0.2) is 10.1 Å². The van der Waals surface area contributed by atoms with E-state index in [1.165, 1.54) is 0 Å². The Morgan fingerprint density at radius 2 is 2.06 bits per heavy atom.